The molecule has 0 aliphatic heterocycles. The third-order valence-electron chi connectivity index (χ3n) is 5.15. The van der Waals surface area contributed by atoms with Gasteiger partial charge in [-0.15, -0.1) is 11.3 Å². The van der Waals surface area contributed by atoms with E-state index in [2.05, 4.69) is 20.3 Å². The highest BCUT2D eigenvalue weighted by molar-refractivity contribution is 7.14. The summed E-state index contributed by atoms with van der Waals surface area (Å²) >= 11 is 1.42. The van der Waals surface area contributed by atoms with Crippen LogP contribution in [0.25, 0.3) is 11.5 Å². The first-order chi connectivity index (χ1) is 16.2. The SMILES string of the molecule is O=C(Nc1nc(CCc2coc(-c3ccccc3)n2)cs1)c1cccn1Cc1ccncc1. The van der Waals surface area contributed by atoms with Crippen LogP contribution in [-0.4, -0.2) is 25.4 Å². The molecule has 0 fully saturated rings. The fraction of sp³-hybridized carbons (Fsp3) is 0.120. The van der Waals surface area contributed by atoms with Crippen molar-refractivity contribution in [3.63, 3.8) is 0 Å². The normalized spacial score (nSPS) is 10.9. The standard InChI is InChI=1S/C25H21N5O2S/c31-23(22-7-4-14-30(22)15-18-10-12-26-13-11-18)29-25-28-21(17-33-25)9-8-20-16-32-24(27-20)19-5-2-1-3-6-19/h1-7,10-14,16-17H,8-9,15H2,(H,28,29,31). The number of pyridine rings is 1. The van der Waals surface area contributed by atoms with Crippen LogP contribution >= 0.6 is 11.3 Å². The fourth-order valence-corrected chi connectivity index (χ4v) is 4.21. The Hall–Kier alpha value is -4.04. The van der Waals surface area contributed by atoms with E-state index in [1.807, 2.05) is 64.7 Å². The van der Waals surface area contributed by atoms with E-state index in [1.54, 1.807) is 24.7 Å². The largest absolute Gasteiger partial charge is 0.444 e. The predicted octanol–water partition coefficient (Wildman–Crippen LogP) is 5.08. The van der Waals surface area contributed by atoms with Crippen molar-refractivity contribution in [3.8, 4) is 11.5 Å². The summed E-state index contributed by atoms with van der Waals surface area (Å²) in [5, 5.41) is 5.46. The van der Waals surface area contributed by atoms with Crippen molar-refractivity contribution < 1.29 is 9.21 Å². The molecule has 7 nitrogen and oxygen atoms in total. The number of hydrogen-bond acceptors (Lipinski definition) is 6. The fourth-order valence-electron chi connectivity index (χ4n) is 3.47. The number of benzene rings is 1. The Labute approximate surface area is 194 Å². The monoisotopic (exact) mass is 455 g/mol. The van der Waals surface area contributed by atoms with Crippen LogP contribution in [0.3, 0.4) is 0 Å². The van der Waals surface area contributed by atoms with Crippen molar-refractivity contribution in [2.75, 3.05) is 5.32 Å². The first-order valence-electron chi connectivity index (χ1n) is 10.5. The second-order valence-corrected chi connectivity index (χ2v) is 8.34. The average Bonchev–Trinajstić information content (AvgIpc) is 3.60. The van der Waals surface area contributed by atoms with Crippen molar-refractivity contribution >= 4 is 22.4 Å². The molecule has 4 aromatic heterocycles. The third kappa shape index (κ3) is 5.07. The van der Waals surface area contributed by atoms with Crippen LogP contribution in [0.4, 0.5) is 5.13 Å². The molecule has 0 saturated carbocycles. The highest BCUT2D eigenvalue weighted by Crippen LogP contribution is 2.21. The Morgan fingerprint density at radius 1 is 0.970 bits per heavy atom. The summed E-state index contributed by atoms with van der Waals surface area (Å²) in [5.41, 5.74) is 4.40. The van der Waals surface area contributed by atoms with Gasteiger partial charge in [0.25, 0.3) is 5.91 Å². The number of amides is 1. The van der Waals surface area contributed by atoms with Gasteiger partial charge >= 0.3 is 0 Å². The number of carbonyl (C=O) groups excluding carboxylic acids is 1. The Morgan fingerprint density at radius 3 is 2.64 bits per heavy atom. The smallest absolute Gasteiger partial charge is 0.274 e. The molecule has 0 bridgehead atoms. The van der Waals surface area contributed by atoms with Gasteiger partial charge < -0.3 is 8.98 Å². The number of nitrogens with zero attached hydrogens (tertiary/aromatic N) is 4. The maximum Gasteiger partial charge on any atom is 0.274 e. The number of oxazole rings is 1. The Bertz CT molecular complexity index is 1340. The molecule has 8 heteroatoms. The summed E-state index contributed by atoms with van der Waals surface area (Å²) in [4.78, 5) is 26.0. The number of thiazole rings is 1. The minimum atomic E-state index is -0.182. The molecule has 1 aromatic carbocycles. The van der Waals surface area contributed by atoms with Crippen LogP contribution in [0.1, 0.15) is 27.4 Å². The molecule has 0 atom stereocenters. The molecule has 0 aliphatic rings. The summed E-state index contributed by atoms with van der Waals surface area (Å²) < 4.78 is 7.51. The molecule has 0 aliphatic carbocycles. The minimum absolute atomic E-state index is 0.182. The molecule has 1 N–H and O–H groups in total. The maximum atomic E-state index is 12.8. The van der Waals surface area contributed by atoms with Crippen molar-refractivity contribution in [1.29, 1.82) is 0 Å². The summed E-state index contributed by atoms with van der Waals surface area (Å²) in [6.45, 7) is 0.601. The molecule has 5 rings (SSSR count). The van der Waals surface area contributed by atoms with Gasteiger partial charge in [0.05, 0.1) is 11.4 Å². The summed E-state index contributed by atoms with van der Waals surface area (Å²) in [7, 11) is 0. The second kappa shape index (κ2) is 9.62. The Balaban J connectivity index is 1.18. The molecule has 0 spiro atoms. The van der Waals surface area contributed by atoms with Crippen LogP contribution in [0.2, 0.25) is 0 Å². The van der Waals surface area contributed by atoms with E-state index in [0.717, 1.165) is 22.5 Å². The summed E-state index contributed by atoms with van der Waals surface area (Å²) in [6, 6.07) is 17.4. The molecule has 33 heavy (non-hydrogen) atoms. The van der Waals surface area contributed by atoms with Crippen molar-refractivity contribution in [1.82, 2.24) is 19.5 Å². The first-order valence-corrected chi connectivity index (χ1v) is 11.4. The van der Waals surface area contributed by atoms with Crippen LogP contribution in [0.5, 0.6) is 0 Å². The maximum absolute atomic E-state index is 12.8. The van der Waals surface area contributed by atoms with Crippen LogP contribution < -0.4 is 5.32 Å². The van der Waals surface area contributed by atoms with Gasteiger partial charge in [0.15, 0.2) is 5.13 Å². The molecule has 0 radical (unpaired) electrons. The lowest BCUT2D eigenvalue weighted by Gasteiger charge is -2.08. The molecule has 0 saturated heterocycles. The van der Waals surface area contributed by atoms with Crippen LogP contribution in [0, 0.1) is 0 Å². The lowest BCUT2D eigenvalue weighted by molar-refractivity contribution is 0.101. The van der Waals surface area contributed by atoms with E-state index in [-0.39, 0.29) is 5.91 Å². The number of rotatable bonds is 8. The van der Waals surface area contributed by atoms with E-state index < -0.39 is 0 Å². The molecule has 4 heterocycles. The zero-order chi connectivity index (χ0) is 22.5. The van der Waals surface area contributed by atoms with Crippen LogP contribution in [-0.2, 0) is 19.4 Å². The number of anilines is 1. The van der Waals surface area contributed by atoms with Gasteiger partial charge in [-0.2, -0.15) is 0 Å². The molecule has 0 unspecified atom stereocenters. The van der Waals surface area contributed by atoms with Crippen molar-refractivity contribution in [2.45, 2.75) is 19.4 Å². The highest BCUT2D eigenvalue weighted by Gasteiger charge is 2.14. The van der Waals surface area contributed by atoms with E-state index >= 15 is 0 Å². The predicted molar refractivity (Wildman–Crippen MR) is 127 cm³/mol. The topological polar surface area (TPSA) is 85.8 Å². The average molecular weight is 456 g/mol. The molecule has 1 amide bonds. The van der Waals surface area contributed by atoms with E-state index in [9.17, 15) is 4.79 Å². The number of aromatic nitrogens is 4. The van der Waals surface area contributed by atoms with Gasteiger partial charge in [-0.1, -0.05) is 18.2 Å². The van der Waals surface area contributed by atoms with Gasteiger partial charge in [-0.25, -0.2) is 9.97 Å². The number of nitrogens with one attached hydrogen (secondary N) is 1. The molecular weight excluding hydrogens is 434 g/mol. The van der Waals surface area contributed by atoms with Crippen LogP contribution in [0.15, 0.2) is 89.2 Å². The molecule has 164 valence electrons. The van der Waals surface area contributed by atoms with E-state index in [4.69, 9.17) is 4.42 Å². The lowest BCUT2D eigenvalue weighted by atomic mass is 10.2. The first kappa shape index (κ1) is 20.8. The zero-order valence-corrected chi connectivity index (χ0v) is 18.5. The number of hydrogen-bond donors (Lipinski definition) is 1. The van der Waals surface area contributed by atoms with Gasteiger partial charge in [0, 0.05) is 36.1 Å². The third-order valence-corrected chi connectivity index (χ3v) is 5.95. The lowest BCUT2D eigenvalue weighted by Crippen LogP contribution is -2.17. The van der Waals surface area contributed by atoms with Gasteiger partial charge in [0.1, 0.15) is 12.0 Å². The van der Waals surface area contributed by atoms with Gasteiger partial charge in [0.2, 0.25) is 5.89 Å². The van der Waals surface area contributed by atoms with Crippen molar-refractivity contribution in [3.05, 3.63) is 107 Å². The summed E-state index contributed by atoms with van der Waals surface area (Å²) in [5.74, 6) is 0.436. The van der Waals surface area contributed by atoms with Crippen molar-refractivity contribution in [2.24, 2.45) is 0 Å². The van der Waals surface area contributed by atoms with E-state index in [0.29, 0.717) is 36.1 Å². The number of aryl methyl sites for hydroxylation is 2. The summed E-state index contributed by atoms with van der Waals surface area (Å²) in [6.07, 6.45) is 8.50. The molecular formula is C25H21N5O2S. The highest BCUT2D eigenvalue weighted by atomic mass is 32.1. The number of carbonyl (C=O) groups is 1. The zero-order valence-electron chi connectivity index (χ0n) is 17.7. The molecule has 5 aromatic rings. The second-order valence-electron chi connectivity index (χ2n) is 7.48. The van der Waals surface area contributed by atoms with E-state index in [1.165, 1.54) is 11.3 Å². The Morgan fingerprint density at radius 2 is 1.79 bits per heavy atom. The Kier molecular flexibility index (Phi) is 6.08. The quantitative estimate of drug-likeness (QED) is 0.353. The van der Waals surface area contributed by atoms with Gasteiger partial charge in [-0.05, 0) is 54.8 Å². The minimum Gasteiger partial charge on any atom is -0.444 e. The van der Waals surface area contributed by atoms with Gasteiger partial charge in [-0.3, -0.25) is 15.1 Å².